The van der Waals surface area contributed by atoms with Crippen LogP contribution in [0.1, 0.15) is 21.5 Å². The Kier molecular flexibility index (Phi) is 5.36. The highest BCUT2D eigenvalue weighted by molar-refractivity contribution is 5.96. The van der Waals surface area contributed by atoms with Crippen LogP contribution in [-0.4, -0.2) is 25.6 Å². The molecule has 0 atom stereocenters. The van der Waals surface area contributed by atoms with Crippen molar-refractivity contribution in [3.8, 4) is 5.75 Å². The van der Waals surface area contributed by atoms with E-state index in [1.165, 1.54) is 7.11 Å². The molecule has 120 valence electrons. The van der Waals surface area contributed by atoms with Crippen molar-refractivity contribution >= 4 is 17.6 Å². The molecule has 0 spiro atoms. The van der Waals surface area contributed by atoms with Crippen molar-refractivity contribution in [1.29, 1.82) is 0 Å². The van der Waals surface area contributed by atoms with Gasteiger partial charge in [-0.3, -0.25) is 4.79 Å². The number of amides is 1. The number of ether oxygens (including phenoxy) is 2. The predicted molar refractivity (Wildman–Crippen MR) is 87.8 cm³/mol. The Morgan fingerprint density at radius 2 is 1.83 bits per heavy atom. The van der Waals surface area contributed by atoms with Gasteiger partial charge in [-0.1, -0.05) is 29.8 Å². The van der Waals surface area contributed by atoms with E-state index in [9.17, 15) is 9.59 Å². The van der Waals surface area contributed by atoms with Gasteiger partial charge in [0.15, 0.2) is 6.61 Å². The minimum Gasteiger partial charge on any atom is -0.495 e. The van der Waals surface area contributed by atoms with Gasteiger partial charge in [0, 0.05) is 0 Å². The summed E-state index contributed by atoms with van der Waals surface area (Å²) >= 11 is 0. The summed E-state index contributed by atoms with van der Waals surface area (Å²) in [5.41, 5.74) is 2.87. The van der Waals surface area contributed by atoms with Crippen molar-refractivity contribution in [2.75, 3.05) is 19.0 Å². The van der Waals surface area contributed by atoms with Gasteiger partial charge in [-0.25, -0.2) is 4.79 Å². The first-order chi connectivity index (χ1) is 11.0. The van der Waals surface area contributed by atoms with E-state index in [-0.39, 0.29) is 6.61 Å². The Morgan fingerprint density at radius 1 is 1.09 bits per heavy atom. The molecular weight excluding hydrogens is 294 g/mol. The molecule has 0 saturated carbocycles. The lowest BCUT2D eigenvalue weighted by atomic mass is 10.1. The maximum absolute atomic E-state index is 12.0. The lowest BCUT2D eigenvalue weighted by Gasteiger charge is -2.11. The van der Waals surface area contributed by atoms with Crippen LogP contribution in [-0.2, 0) is 9.53 Å². The number of hydrogen-bond donors (Lipinski definition) is 1. The molecule has 23 heavy (non-hydrogen) atoms. The third-order valence-electron chi connectivity index (χ3n) is 3.32. The molecule has 5 nitrogen and oxygen atoms in total. The van der Waals surface area contributed by atoms with Crippen LogP contribution in [0.25, 0.3) is 0 Å². The molecule has 1 amide bonds. The SMILES string of the molecule is COc1ccccc1NC(=O)COC(=O)c1ccc(C)cc1C. The standard InChI is InChI=1S/C18H19NO4/c1-12-8-9-14(13(2)10-12)18(21)23-11-17(20)19-15-6-4-5-7-16(15)22-3/h4-10H,11H2,1-3H3,(H,19,20). The molecule has 0 aromatic heterocycles. The summed E-state index contributed by atoms with van der Waals surface area (Å²) in [6.07, 6.45) is 0. The van der Waals surface area contributed by atoms with Crippen molar-refractivity contribution in [1.82, 2.24) is 0 Å². The minimum atomic E-state index is -0.516. The molecular formula is C18H19NO4. The number of nitrogens with one attached hydrogen (secondary N) is 1. The molecule has 0 unspecified atom stereocenters. The second-order valence-corrected chi connectivity index (χ2v) is 5.14. The summed E-state index contributed by atoms with van der Waals surface area (Å²) < 4.78 is 10.2. The summed E-state index contributed by atoms with van der Waals surface area (Å²) in [6, 6.07) is 12.4. The third-order valence-corrected chi connectivity index (χ3v) is 3.32. The monoisotopic (exact) mass is 313 g/mol. The van der Waals surface area contributed by atoms with E-state index in [0.717, 1.165) is 11.1 Å². The number of anilines is 1. The fourth-order valence-electron chi connectivity index (χ4n) is 2.19. The first-order valence-corrected chi connectivity index (χ1v) is 7.18. The Hall–Kier alpha value is -2.82. The van der Waals surface area contributed by atoms with Crippen LogP contribution < -0.4 is 10.1 Å². The number of carbonyl (C=O) groups excluding carboxylic acids is 2. The van der Waals surface area contributed by atoms with E-state index < -0.39 is 11.9 Å². The number of esters is 1. The average Bonchev–Trinajstić information content (AvgIpc) is 2.53. The van der Waals surface area contributed by atoms with E-state index in [0.29, 0.717) is 17.0 Å². The molecule has 2 rings (SSSR count). The van der Waals surface area contributed by atoms with Crippen LogP contribution in [0.5, 0.6) is 5.75 Å². The molecule has 0 aliphatic rings. The van der Waals surface area contributed by atoms with Gasteiger partial charge < -0.3 is 14.8 Å². The maximum atomic E-state index is 12.0. The van der Waals surface area contributed by atoms with Gasteiger partial charge in [-0.15, -0.1) is 0 Å². The zero-order valence-corrected chi connectivity index (χ0v) is 13.4. The van der Waals surface area contributed by atoms with E-state index in [2.05, 4.69) is 5.32 Å². The van der Waals surface area contributed by atoms with Gasteiger partial charge in [0.1, 0.15) is 5.75 Å². The molecule has 0 bridgehead atoms. The first-order valence-electron chi connectivity index (χ1n) is 7.18. The summed E-state index contributed by atoms with van der Waals surface area (Å²) in [6.45, 7) is 3.42. The van der Waals surface area contributed by atoms with Crippen LogP contribution in [0.2, 0.25) is 0 Å². The van der Waals surface area contributed by atoms with Gasteiger partial charge >= 0.3 is 5.97 Å². The highest BCUT2D eigenvalue weighted by atomic mass is 16.5. The predicted octanol–water partition coefficient (Wildman–Crippen LogP) is 3.11. The molecule has 0 heterocycles. The number of carbonyl (C=O) groups is 2. The second-order valence-electron chi connectivity index (χ2n) is 5.14. The van der Waals surface area contributed by atoms with Gasteiger partial charge in [-0.05, 0) is 37.6 Å². The Morgan fingerprint density at radius 3 is 2.52 bits per heavy atom. The molecule has 2 aromatic rings. The van der Waals surface area contributed by atoms with E-state index >= 15 is 0 Å². The van der Waals surface area contributed by atoms with Crippen LogP contribution in [0, 0.1) is 13.8 Å². The molecule has 2 aromatic carbocycles. The van der Waals surface area contributed by atoms with Crippen LogP contribution in [0.4, 0.5) is 5.69 Å². The van der Waals surface area contributed by atoms with Crippen molar-refractivity contribution in [3.63, 3.8) is 0 Å². The van der Waals surface area contributed by atoms with Crippen molar-refractivity contribution in [2.24, 2.45) is 0 Å². The van der Waals surface area contributed by atoms with E-state index in [1.54, 1.807) is 30.3 Å². The molecule has 0 aliphatic carbocycles. The van der Waals surface area contributed by atoms with Gasteiger partial charge in [0.05, 0.1) is 18.4 Å². The molecule has 5 heteroatoms. The Bertz CT molecular complexity index is 725. The normalized spacial score (nSPS) is 10.0. The Balaban J connectivity index is 1.95. The molecule has 0 fully saturated rings. The van der Waals surface area contributed by atoms with Crippen LogP contribution in [0.3, 0.4) is 0 Å². The summed E-state index contributed by atoms with van der Waals surface area (Å²) in [5.74, 6) is -0.396. The number of para-hydroxylation sites is 2. The zero-order chi connectivity index (χ0) is 16.8. The molecule has 1 N–H and O–H groups in total. The lowest BCUT2D eigenvalue weighted by Crippen LogP contribution is -2.21. The summed E-state index contributed by atoms with van der Waals surface area (Å²) in [4.78, 5) is 23.9. The Labute approximate surface area is 135 Å². The number of hydrogen-bond acceptors (Lipinski definition) is 4. The highest BCUT2D eigenvalue weighted by Gasteiger charge is 2.13. The smallest absolute Gasteiger partial charge is 0.338 e. The molecule has 0 saturated heterocycles. The van der Waals surface area contributed by atoms with Gasteiger partial charge in [0.25, 0.3) is 5.91 Å². The number of benzene rings is 2. The number of methoxy groups -OCH3 is 1. The quantitative estimate of drug-likeness (QED) is 0.861. The number of rotatable bonds is 5. The van der Waals surface area contributed by atoms with Crippen LogP contribution in [0.15, 0.2) is 42.5 Å². The van der Waals surface area contributed by atoms with Gasteiger partial charge in [-0.2, -0.15) is 0 Å². The summed E-state index contributed by atoms with van der Waals surface area (Å²) in [7, 11) is 1.52. The highest BCUT2D eigenvalue weighted by Crippen LogP contribution is 2.22. The van der Waals surface area contributed by atoms with E-state index in [1.807, 2.05) is 26.0 Å². The third kappa shape index (κ3) is 4.32. The molecule has 0 aliphatic heterocycles. The largest absolute Gasteiger partial charge is 0.495 e. The first kappa shape index (κ1) is 16.5. The van der Waals surface area contributed by atoms with Gasteiger partial charge in [0.2, 0.25) is 0 Å². The average molecular weight is 313 g/mol. The van der Waals surface area contributed by atoms with E-state index in [4.69, 9.17) is 9.47 Å². The second kappa shape index (κ2) is 7.45. The molecule has 0 radical (unpaired) electrons. The summed E-state index contributed by atoms with van der Waals surface area (Å²) in [5, 5.41) is 2.65. The van der Waals surface area contributed by atoms with Crippen molar-refractivity contribution < 1.29 is 19.1 Å². The fraction of sp³-hybridized carbons (Fsp3) is 0.222. The van der Waals surface area contributed by atoms with Crippen LogP contribution >= 0.6 is 0 Å². The minimum absolute atomic E-state index is 0.357. The number of aryl methyl sites for hydroxylation is 2. The lowest BCUT2D eigenvalue weighted by molar-refractivity contribution is -0.119. The maximum Gasteiger partial charge on any atom is 0.338 e. The fourth-order valence-corrected chi connectivity index (χ4v) is 2.19. The van der Waals surface area contributed by atoms with Crippen molar-refractivity contribution in [2.45, 2.75) is 13.8 Å². The topological polar surface area (TPSA) is 64.6 Å². The zero-order valence-electron chi connectivity index (χ0n) is 13.4. The van der Waals surface area contributed by atoms with Crippen molar-refractivity contribution in [3.05, 3.63) is 59.2 Å².